The van der Waals surface area contributed by atoms with E-state index in [1.54, 1.807) is 17.9 Å². The SMILES string of the molecule is CCOC(=O)C1CCCN(C(=O)c2cc(N3CCOCC3)ncn2)C1. The van der Waals surface area contributed by atoms with Crippen LogP contribution in [0.25, 0.3) is 0 Å². The average Bonchev–Trinajstić information content (AvgIpc) is 2.68. The predicted octanol–water partition coefficient (Wildman–Crippen LogP) is 0.728. The van der Waals surface area contributed by atoms with Crippen LogP contribution in [0.4, 0.5) is 5.82 Å². The zero-order valence-corrected chi connectivity index (χ0v) is 14.5. The molecule has 136 valence electrons. The Morgan fingerprint density at radius 2 is 2.08 bits per heavy atom. The molecule has 0 bridgehead atoms. The van der Waals surface area contributed by atoms with E-state index in [0.29, 0.717) is 38.6 Å². The maximum Gasteiger partial charge on any atom is 0.310 e. The van der Waals surface area contributed by atoms with Gasteiger partial charge in [-0.25, -0.2) is 9.97 Å². The molecule has 1 atom stereocenters. The summed E-state index contributed by atoms with van der Waals surface area (Å²) in [6.07, 6.45) is 2.97. The Hall–Kier alpha value is -2.22. The van der Waals surface area contributed by atoms with Crippen molar-refractivity contribution in [2.75, 3.05) is 50.9 Å². The second kappa shape index (κ2) is 8.24. The number of morpholine rings is 1. The highest BCUT2D eigenvalue weighted by atomic mass is 16.5. The van der Waals surface area contributed by atoms with Crippen LogP contribution in [-0.2, 0) is 14.3 Å². The number of likely N-dealkylation sites (tertiary alicyclic amines) is 1. The highest BCUT2D eigenvalue weighted by Gasteiger charge is 2.30. The molecule has 2 aliphatic heterocycles. The minimum absolute atomic E-state index is 0.161. The summed E-state index contributed by atoms with van der Waals surface area (Å²) in [5, 5.41) is 0. The van der Waals surface area contributed by atoms with Crippen LogP contribution in [0.1, 0.15) is 30.3 Å². The third-order valence-corrected chi connectivity index (χ3v) is 4.54. The van der Waals surface area contributed by atoms with E-state index >= 15 is 0 Å². The lowest BCUT2D eigenvalue weighted by molar-refractivity contribution is -0.149. The van der Waals surface area contributed by atoms with Crippen molar-refractivity contribution in [2.45, 2.75) is 19.8 Å². The first kappa shape index (κ1) is 17.6. The maximum absolute atomic E-state index is 12.8. The van der Waals surface area contributed by atoms with Gasteiger partial charge in [-0.05, 0) is 19.8 Å². The lowest BCUT2D eigenvalue weighted by Crippen LogP contribution is -2.43. The van der Waals surface area contributed by atoms with Crippen LogP contribution in [0.5, 0.6) is 0 Å². The van der Waals surface area contributed by atoms with E-state index in [0.717, 1.165) is 31.7 Å². The van der Waals surface area contributed by atoms with Crippen molar-refractivity contribution in [3.63, 3.8) is 0 Å². The molecule has 0 N–H and O–H groups in total. The van der Waals surface area contributed by atoms with E-state index in [1.807, 2.05) is 0 Å². The van der Waals surface area contributed by atoms with E-state index in [4.69, 9.17) is 9.47 Å². The summed E-state index contributed by atoms with van der Waals surface area (Å²) in [5.41, 5.74) is 0.362. The molecule has 3 heterocycles. The molecule has 25 heavy (non-hydrogen) atoms. The summed E-state index contributed by atoms with van der Waals surface area (Å²) in [7, 11) is 0. The van der Waals surface area contributed by atoms with Crippen molar-refractivity contribution in [1.29, 1.82) is 0 Å². The van der Waals surface area contributed by atoms with Crippen molar-refractivity contribution in [3.05, 3.63) is 18.1 Å². The van der Waals surface area contributed by atoms with Crippen molar-refractivity contribution >= 4 is 17.7 Å². The minimum atomic E-state index is -0.252. The monoisotopic (exact) mass is 348 g/mol. The maximum atomic E-state index is 12.8. The fraction of sp³-hybridized carbons (Fsp3) is 0.647. The van der Waals surface area contributed by atoms with Gasteiger partial charge in [0.2, 0.25) is 0 Å². The van der Waals surface area contributed by atoms with Crippen LogP contribution in [0.15, 0.2) is 12.4 Å². The van der Waals surface area contributed by atoms with Crippen LogP contribution in [0.3, 0.4) is 0 Å². The molecular weight excluding hydrogens is 324 g/mol. The Morgan fingerprint density at radius 3 is 2.84 bits per heavy atom. The zero-order valence-electron chi connectivity index (χ0n) is 14.5. The summed E-state index contributed by atoms with van der Waals surface area (Å²) in [4.78, 5) is 36.9. The summed E-state index contributed by atoms with van der Waals surface area (Å²) in [5.74, 6) is 0.0985. The average molecular weight is 348 g/mol. The van der Waals surface area contributed by atoms with Crippen molar-refractivity contribution in [3.8, 4) is 0 Å². The van der Waals surface area contributed by atoms with Gasteiger partial charge in [0.15, 0.2) is 0 Å². The highest BCUT2D eigenvalue weighted by Crippen LogP contribution is 2.20. The molecule has 1 unspecified atom stereocenters. The first-order valence-electron chi connectivity index (χ1n) is 8.79. The summed E-state index contributed by atoms with van der Waals surface area (Å²) in [6.45, 7) is 5.97. The zero-order chi connectivity index (χ0) is 17.6. The number of hydrogen-bond acceptors (Lipinski definition) is 7. The van der Waals surface area contributed by atoms with Crippen LogP contribution >= 0.6 is 0 Å². The molecule has 3 rings (SSSR count). The van der Waals surface area contributed by atoms with E-state index in [-0.39, 0.29) is 17.8 Å². The van der Waals surface area contributed by atoms with Crippen molar-refractivity contribution < 1.29 is 19.1 Å². The second-order valence-electron chi connectivity index (χ2n) is 6.20. The van der Waals surface area contributed by atoms with Gasteiger partial charge < -0.3 is 19.3 Å². The Morgan fingerprint density at radius 1 is 1.28 bits per heavy atom. The minimum Gasteiger partial charge on any atom is -0.466 e. The summed E-state index contributed by atoms with van der Waals surface area (Å²) in [6, 6.07) is 1.72. The number of anilines is 1. The van der Waals surface area contributed by atoms with Gasteiger partial charge in [-0.15, -0.1) is 0 Å². The number of nitrogens with zero attached hydrogens (tertiary/aromatic N) is 4. The third-order valence-electron chi connectivity index (χ3n) is 4.54. The van der Waals surface area contributed by atoms with Crippen LogP contribution in [-0.4, -0.2) is 72.7 Å². The largest absolute Gasteiger partial charge is 0.466 e. The Labute approximate surface area is 147 Å². The third kappa shape index (κ3) is 4.25. The Bertz CT molecular complexity index is 618. The molecule has 1 aromatic heterocycles. The van der Waals surface area contributed by atoms with Crippen LogP contribution in [0, 0.1) is 5.92 Å². The van der Waals surface area contributed by atoms with Gasteiger partial charge in [0, 0.05) is 32.2 Å². The first-order chi connectivity index (χ1) is 12.2. The van der Waals surface area contributed by atoms with E-state index in [9.17, 15) is 9.59 Å². The lowest BCUT2D eigenvalue weighted by atomic mass is 9.98. The van der Waals surface area contributed by atoms with Gasteiger partial charge in [-0.1, -0.05) is 0 Å². The molecule has 1 aromatic rings. The Kier molecular flexibility index (Phi) is 5.80. The molecule has 0 aliphatic carbocycles. The number of hydrogen-bond donors (Lipinski definition) is 0. The quantitative estimate of drug-likeness (QED) is 0.742. The summed E-state index contributed by atoms with van der Waals surface area (Å²) < 4.78 is 10.4. The number of ether oxygens (including phenoxy) is 2. The van der Waals surface area contributed by atoms with Crippen LogP contribution < -0.4 is 4.90 Å². The number of esters is 1. The molecule has 0 spiro atoms. The van der Waals surface area contributed by atoms with E-state index < -0.39 is 0 Å². The van der Waals surface area contributed by atoms with Crippen molar-refractivity contribution in [2.24, 2.45) is 5.92 Å². The Balaban J connectivity index is 1.68. The number of rotatable bonds is 4. The van der Waals surface area contributed by atoms with E-state index in [1.165, 1.54) is 6.33 Å². The number of piperidine rings is 1. The second-order valence-corrected chi connectivity index (χ2v) is 6.20. The number of aromatic nitrogens is 2. The van der Waals surface area contributed by atoms with Gasteiger partial charge in [-0.2, -0.15) is 0 Å². The molecule has 2 saturated heterocycles. The molecule has 0 aromatic carbocycles. The van der Waals surface area contributed by atoms with Gasteiger partial charge >= 0.3 is 5.97 Å². The molecular formula is C17H24N4O4. The fourth-order valence-electron chi connectivity index (χ4n) is 3.21. The standard InChI is InChI=1S/C17H24N4O4/c1-2-25-17(23)13-4-3-5-21(11-13)16(22)14-10-15(19-12-18-14)20-6-8-24-9-7-20/h10,12-13H,2-9,11H2,1H3. The molecule has 2 aliphatic rings. The van der Waals surface area contributed by atoms with E-state index in [2.05, 4.69) is 14.9 Å². The molecule has 8 nitrogen and oxygen atoms in total. The topological polar surface area (TPSA) is 84.9 Å². The van der Waals surface area contributed by atoms with Gasteiger partial charge in [-0.3, -0.25) is 9.59 Å². The van der Waals surface area contributed by atoms with Gasteiger partial charge in [0.1, 0.15) is 17.8 Å². The number of carbonyl (C=O) groups excluding carboxylic acids is 2. The van der Waals surface area contributed by atoms with Gasteiger partial charge in [0.05, 0.1) is 25.7 Å². The fourth-order valence-corrected chi connectivity index (χ4v) is 3.21. The molecule has 1 amide bonds. The van der Waals surface area contributed by atoms with Crippen LogP contribution in [0.2, 0.25) is 0 Å². The smallest absolute Gasteiger partial charge is 0.310 e. The number of carbonyl (C=O) groups is 2. The predicted molar refractivity (Wildman–Crippen MR) is 90.3 cm³/mol. The summed E-state index contributed by atoms with van der Waals surface area (Å²) >= 11 is 0. The van der Waals surface area contributed by atoms with Crippen molar-refractivity contribution in [1.82, 2.24) is 14.9 Å². The molecule has 8 heteroatoms. The lowest BCUT2D eigenvalue weighted by Gasteiger charge is -2.31. The molecule has 0 radical (unpaired) electrons. The van der Waals surface area contributed by atoms with Gasteiger partial charge in [0.25, 0.3) is 5.91 Å². The molecule has 0 saturated carbocycles. The highest BCUT2D eigenvalue weighted by molar-refractivity contribution is 5.93. The number of amides is 1. The normalized spacial score (nSPS) is 21.1. The molecule has 2 fully saturated rings. The first-order valence-corrected chi connectivity index (χ1v) is 8.79.